The largest absolute Gasteiger partial charge is 0.396 e. The van der Waals surface area contributed by atoms with Crippen molar-refractivity contribution < 1.29 is 5.11 Å². The fraction of sp³-hybridized carbons (Fsp3) is 1.00. The topological polar surface area (TPSA) is 35.5 Å². The minimum atomic E-state index is 0.0528. The Kier molecular flexibility index (Phi) is 5.03. The average molecular weight is 214 g/mol. The maximum Gasteiger partial charge on any atom is 0.0496 e. The van der Waals surface area contributed by atoms with Crippen molar-refractivity contribution in [3.63, 3.8) is 0 Å². The second-order valence-electron chi connectivity index (χ2n) is 5.23. The van der Waals surface area contributed by atoms with Gasteiger partial charge in [-0.15, -0.1) is 0 Å². The minimum Gasteiger partial charge on any atom is -0.396 e. The molecule has 3 nitrogen and oxygen atoms in total. The van der Waals surface area contributed by atoms with Crippen LogP contribution in [-0.2, 0) is 0 Å². The van der Waals surface area contributed by atoms with E-state index in [9.17, 15) is 5.11 Å². The molecule has 1 fully saturated rings. The number of aliphatic hydroxyl groups is 1. The van der Waals surface area contributed by atoms with Crippen LogP contribution in [0.5, 0.6) is 0 Å². The van der Waals surface area contributed by atoms with Gasteiger partial charge in [0.05, 0.1) is 0 Å². The molecule has 1 aliphatic rings. The van der Waals surface area contributed by atoms with Crippen molar-refractivity contribution in [1.82, 2.24) is 10.2 Å². The van der Waals surface area contributed by atoms with Gasteiger partial charge in [0, 0.05) is 31.2 Å². The van der Waals surface area contributed by atoms with Gasteiger partial charge in [0.15, 0.2) is 0 Å². The average Bonchev–Trinajstić information content (AvgIpc) is 2.64. The first-order chi connectivity index (χ1) is 7.11. The highest BCUT2D eigenvalue weighted by Gasteiger charge is 2.23. The summed E-state index contributed by atoms with van der Waals surface area (Å²) in [7, 11) is 2.20. The third kappa shape index (κ3) is 3.74. The maximum atomic E-state index is 9.28. The van der Waals surface area contributed by atoms with Gasteiger partial charge in [0.25, 0.3) is 0 Å². The van der Waals surface area contributed by atoms with E-state index >= 15 is 0 Å². The van der Waals surface area contributed by atoms with Gasteiger partial charge >= 0.3 is 0 Å². The van der Waals surface area contributed by atoms with Crippen LogP contribution in [0, 0.1) is 5.41 Å². The van der Waals surface area contributed by atoms with Crippen LogP contribution in [0.25, 0.3) is 0 Å². The number of likely N-dealkylation sites (N-methyl/N-ethyl adjacent to an activating group) is 1. The molecule has 0 aliphatic carbocycles. The quantitative estimate of drug-likeness (QED) is 0.694. The predicted molar refractivity (Wildman–Crippen MR) is 64.0 cm³/mol. The third-order valence-electron chi connectivity index (χ3n) is 3.84. The Hall–Kier alpha value is -0.120. The van der Waals surface area contributed by atoms with Crippen molar-refractivity contribution in [3.05, 3.63) is 0 Å². The number of rotatable bonds is 6. The Morgan fingerprint density at radius 1 is 1.53 bits per heavy atom. The molecule has 0 bridgehead atoms. The lowest BCUT2D eigenvalue weighted by molar-refractivity contribution is 0.133. The lowest BCUT2D eigenvalue weighted by Gasteiger charge is -2.28. The molecule has 15 heavy (non-hydrogen) atoms. The van der Waals surface area contributed by atoms with Gasteiger partial charge in [-0.3, -0.25) is 0 Å². The first kappa shape index (κ1) is 12.9. The molecule has 0 amide bonds. The summed E-state index contributed by atoms with van der Waals surface area (Å²) in [4.78, 5) is 2.43. The van der Waals surface area contributed by atoms with E-state index < -0.39 is 0 Å². The van der Waals surface area contributed by atoms with Crippen LogP contribution in [0.15, 0.2) is 0 Å². The van der Waals surface area contributed by atoms with Gasteiger partial charge in [-0.25, -0.2) is 0 Å². The standard InChI is InChI=1S/C12H26N2O/c1-4-12(2,10-15)9-13-8-11-6-5-7-14(11)3/h11,13,15H,4-10H2,1-3H3. The monoisotopic (exact) mass is 214 g/mol. The SMILES string of the molecule is CCC(C)(CO)CNCC1CCCN1C. The van der Waals surface area contributed by atoms with Gasteiger partial charge in [-0.2, -0.15) is 0 Å². The molecule has 2 atom stereocenters. The van der Waals surface area contributed by atoms with E-state index in [2.05, 4.69) is 31.1 Å². The molecule has 0 saturated carbocycles. The number of nitrogens with one attached hydrogen (secondary N) is 1. The van der Waals surface area contributed by atoms with E-state index in [0.29, 0.717) is 6.04 Å². The van der Waals surface area contributed by atoms with E-state index in [4.69, 9.17) is 0 Å². The molecular formula is C12H26N2O. The first-order valence-corrected chi connectivity index (χ1v) is 6.13. The summed E-state index contributed by atoms with van der Waals surface area (Å²) in [5, 5.41) is 12.8. The Balaban J connectivity index is 2.20. The molecule has 2 unspecified atom stereocenters. The lowest BCUT2D eigenvalue weighted by atomic mass is 9.88. The van der Waals surface area contributed by atoms with E-state index in [1.807, 2.05) is 0 Å². The van der Waals surface area contributed by atoms with Gasteiger partial charge in [-0.05, 0) is 32.9 Å². The first-order valence-electron chi connectivity index (χ1n) is 6.13. The molecule has 90 valence electrons. The minimum absolute atomic E-state index is 0.0528. The summed E-state index contributed by atoms with van der Waals surface area (Å²) in [5.41, 5.74) is 0.0528. The Labute approximate surface area is 93.9 Å². The Morgan fingerprint density at radius 2 is 2.27 bits per heavy atom. The lowest BCUT2D eigenvalue weighted by Crippen LogP contribution is -2.41. The number of hydrogen-bond donors (Lipinski definition) is 2. The second kappa shape index (κ2) is 5.83. The highest BCUT2D eigenvalue weighted by atomic mass is 16.3. The summed E-state index contributed by atoms with van der Waals surface area (Å²) in [6, 6.07) is 0.699. The Bertz CT molecular complexity index is 180. The number of hydrogen-bond acceptors (Lipinski definition) is 3. The molecule has 1 saturated heterocycles. The summed E-state index contributed by atoms with van der Waals surface area (Å²) >= 11 is 0. The van der Waals surface area contributed by atoms with Gasteiger partial charge in [0.1, 0.15) is 0 Å². The van der Waals surface area contributed by atoms with E-state index in [1.165, 1.54) is 19.4 Å². The maximum absolute atomic E-state index is 9.28. The summed E-state index contributed by atoms with van der Waals surface area (Å²) in [6.07, 6.45) is 3.66. The molecule has 0 spiro atoms. The van der Waals surface area contributed by atoms with Crippen molar-refractivity contribution in [3.8, 4) is 0 Å². The van der Waals surface area contributed by atoms with E-state index in [1.54, 1.807) is 0 Å². The van der Waals surface area contributed by atoms with Crippen LogP contribution in [-0.4, -0.2) is 49.3 Å². The number of likely N-dealkylation sites (tertiary alicyclic amines) is 1. The zero-order chi connectivity index (χ0) is 11.3. The van der Waals surface area contributed by atoms with Crippen LogP contribution in [0.1, 0.15) is 33.1 Å². The molecular weight excluding hydrogens is 188 g/mol. The highest BCUT2D eigenvalue weighted by molar-refractivity contribution is 4.80. The molecule has 1 aliphatic heterocycles. The molecule has 2 N–H and O–H groups in total. The smallest absolute Gasteiger partial charge is 0.0496 e. The molecule has 0 radical (unpaired) electrons. The normalized spacial score (nSPS) is 26.8. The molecule has 0 aromatic carbocycles. The van der Waals surface area contributed by atoms with Gasteiger partial charge in [0.2, 0.25) is 0 Å². The number of nitrogens with zero attached hydrogens (tertiary/aromatic N) is 1. The fourth-order valence-corrected chi connectivity index (χ4v) is 2.07. The van der Waals surface area contributed by atoms with Crippen LogP contribution in [0.2, 0.25) is 0 Å². The summed E-state index contributed by atoms with van der Waals surface area (Å²) in [5.74, 6) is 0. The zero-order valence-corrected chi connectivity index (χ0v) is 10.4. The Morgan fingerprint density at radius 3 is 2.73 bits per heavy atom. The fourth-order valence-electron chi connectivity index (χ4n) is 2.07. The zero-order valence-electron chi connectivity index (χ0n) is 10.4. The molecule has 0 aromatic rings. The summed E-state index contributed by atoms with van der Waals surface area (Å²) < 4.78 is 0. The van der Waals surface area contributed by atoms with Crippen LogP contribution >= 0.6 is 0 Å². The van der Waals surface area contributed by atoms with E-state index in [0.717, 1.165) is 19.5 Å². The van der Waals surface area contributed by atoms with Crippen molar-refractivity contribution in [1.29, 1.82) is 0 Å². The van der Waals surface area contributed by atoms with Gasteiger partial charge in [-0.1, -0.05) is 13.8 Å². The second-order valence-corrected chi connectivity index (χ2v) is 5.23. The van der Waals surface area contributed by atoms with E-state index in [-0.39, 0.29) is 12.0 Å². The van der Waals surface area contributed by atoms with Crippen LogP contribution in [0.3, 0.4) is 0 Å². The molecule has 1 heterocycles. The highest BCUT2D eigenvalue weighted by Crippen LogP contribution is 2.19. The summed E-state index contributed by atoms with van der Waals surface area (Å²) in [6.45, 7) is 7.77. The van der Waals surface area contributed by atoms with Crippen LogP contribution < -0.4 is 5.32 Å². The number of aliphatic hydroxyl groups excluding tert-OH is 1. The molecule has 1 rings (SSSR count). The van der Waals surface area contributed by atoms with Crippen molar-refractivity contribution >= 4 is 0 Å². The molecule has 0 aromatic heterocycles. The molecule has 3 heteroatoms. The van der Waals surface area contributed by atoms with Gasteiger partial charge < -0.3 is 15.3 Å². The van der Waals surface area contributed by atoms with Crippen LogP contribution in [0.4, 0.5) is 0 Å². The van der Waals surface area contributed by atoms with Crippen molar-refractivity contribution in [2.24, 2.45) is 5.41 Å². The van der Waals surface area contributed by atoms with Crippen molar-refractivity contribution in [2.75, 3.05) is 33.3 Å². The predicted octanol–water partition coefficient (Wildman–Crippen LogP) is 1.08. The third-order valence-corrected chi connectivity index (χ3v) is 3.84. The van der Waals surface area contributed by atoms with Crippen molar-refractivity contribution in [2.45, 2.75) is 39.2 Å².